The number of thiophene rings is 1. The molecule has 3 aromatic rings. The van der Waals surface area contributed by atoms with Crippen LogP contribution in [0.15, 0.2) is 48.5 Å². The van der Waals surface area contributed by atoms with Crippen LogP contribution < -0.4 is 0 Å². The lowest BCUT2D eigenvalue weighted by molar-refractivity contribution is -0.143. The summed E-state index contributed by atoms with van der Waals surface area (Å²) in [6.45, 7) is 3.08. The van der Waals surface area contributed by atoms with Crippen LogP contribution in [0, 0.1) is 12.8 Å². The van der Waals surface area contributed by atoms with E-state index in [0.29, 0.717) is 25.9 Å². The van der Waals surface area contributed by atoms with Crippen molar-refractivity contribution >= 4 is 33.3 Å². The van der Waals surface area contributed by atoms with E-state index in [4.69, 9.17) is 0 Å². The molecule has 1 N–H and O–H groups in total. The van der Waals surface area contributed by atoms with Crippen LogP contribution in [0.4, 0.5) is 0 Å². The van der Waals surface area contributed by atoms with Gasteiger partial charge in [0.1, 0.15) is 0 Å². The summed E-state index contributed by atoms with van der Waals surface area (Å²) in [5, 5.41) is 10.3. The standard InChI is InChI=1S/C23H23NO3S/c1-15-6-8-16(9-7-15)14-19-18-4-2-3-5-20(18)28-21(19)22(25)24-12-10-17(11-13-24)23(26)27/h2-9,17H,10-14H2,1H3,(H,26,27). The van der Waals surface area contributed by atoms with Gasteiger partial charge in [0.05, 0.1) is 10.8 Å². The van der Waals surface area contributed by atoms with Crippen molar-refractivity contribution in [2.24, 2.45) is 5.92 Å². The molecule has 5 heteroatoms. The van der Waals surface area contributed by atoms with Crippen molar-refractivity contribution in [2.45, 2.75) is 26.2 Å². The number of hydrogen-bond donors (Lipinski definition) is 1. The number of rotatable bonds is 4. The minimum Gasteiger partial charge on any atom is -0.481 e. The van der Waals surface area contributed by atoms with Crippen molar-refractivity contribution in [3.05, 3.63) is 70.1 Å². The molecule has 1 fully saturated rings. The minimum atomic E-state index is -0.756. The number of carbonyl (C=O) groups excluding carboxylic acids is 1. The maximum atomic E-state index is 13.3. The molecule has 1 aliphatic heterocycles. The van der Waals surface area contributed by atoms with E-state index in [1.807, 2.05) is 17.0 Å². The van der Waals surface area contributed by atoms with E-state index >= 15 is 0 Å². The summed E-state index contributed by atoms with van der Waals surface area (Å²) in [6, 6.07) is 16.6. The summed E-state index contributed by atoms with van der Waals surface area (Å²) in [7, 11) is 0. The maximum absolute atomic E-state index is 13.3. The number of benzene rings is 2. The zero-order valence-corrected chi connectivity index (χ0v) is 16.7. The summed E-state index contributed by atoms with van der Waals surface area (Å²) in [5.74, 6) is -1.06. The number of likely N-dealkylation sites (tertiary alicyclic amines) is 1. The van der Waals surface area contributed by atoms with Crippen molar-refractivity contribution in [1.82, 2.24) is 4.90 Å². The highest BCUT2D eigenvalue weighted by atomic mass is 32.1. The van der Waals surface area contributed by atoms with Crippen LogP contribution >= 0.6 is 11.3 Å². The number of nitrogens with zero attached hydrogens (tertiary/aromatic N) is 1. The average Bonchev–Trinajstić information content (AvgIpc) is 3.07. The van der Waals surface area contributed by atoms with Gasteiger partial charge in [-0.05, 0) is 48.8 Å². The van der Waals surface area contributed by atoms with Gasteiger partial charge in [-0.25, -0.2) is 0 Å². The first-order valence-electron chi connectivity index (χ1n) is 9.61. The Morgan fingerprint density at radius 3 is 2.43 bits per heavy atom. The number of piperidine rings is 1. The Morgan fingerprint density at radius 2 is 1.75 bits per heavy atom. The van der Waals surface area contributed by atoms with E-state index in [0.717, 1.165) is 26.9 Å². The van der Waals surface area contributed by atoms with E-state index in [2.05, 4.69) is 43.3 Å². The normalized spacial score (nSPS) is 15.1. The summed E-state index contributed by atoms with van der Waals surface area (Å²) < 4.78 is 1.12. The largest absolute Gasteiger partial charge is 0.481 e. The van der Waals surface area contributed by atoms with E-state index in [9.17, 15) is 14.7 Å². The molecule has 4 nitrogen and oxygen atoms in total. The molecule has 2 heterocycles. The number of aliphatic carboxylic acids is 1. The second kappa shape index (κ2) is 7.76. The zero-order valence-electron chi connectivity index (χ0n) is 15.9. The van der Waals surface area contributed by atoms with Gasteiger partial charge >= 0.3 is 5.97 Å². The molecule has 0 saturated carbocycles. The van der Waals surface area contributed by atoms with Crippen molar-refractivity contribution in [3.63, 3.8) is 0 Å². The molecule has 28 heavy (non-hydrogen) atoms. The molecular weight excluding hydrogens is 370 g/mol. The molecule has 0 atom stereocenters. The molecule has 0 radical (unpaired) electrons. The third-order valence-electron chi connectivity index (χ3n) is 5.53. The third-order valence-corrected chi connectivity index (χ3v) is 6.73. The van der Waals surface area contributed by atoms with Crippen LogP contribution in [-0.2, 0) is 11.2 Å². The number of carboxylic acid groups (broad SMARTS) is 1. The number of carboxylic acids is 1. The average molecular weight is 394 g/mol. The molecule has 0 aliphatic carbocycles. The van der Waals surface area contributed by atoms with Crippen LogP contribution in [0.3, 0.4) is 0 Å². The van der Waals surface area contributed by atoms with Gasteiger partial charge in [0.2, 0.25) is 0 Å². The first-order chi connectivity index (χ1) is 13.5. The fourth-order valence-electron chi connectivity index (χ4n) is 3.83. The van der Waals surface area contributed by atoms with E-state index in [1.165, 1.54) is 11.1 Å². The highest BCUT2D eigenvalue weighted by Crippen LogP contribution is 2.34. The van der Waals surface area contributed by atoms with Crippen molar-refractivity contribution in [1.29, 1.82) is 0 Å². The topological polar surface area (TPSA) is 57.6 Å². The second-order valence-corrected chi connectivity index (χ2v) is 8.53. The highest BCUT2D eigenvalue weighted by molar-refractivity contribution is 7.21. The van der Waals surface area contributed by atoms with Gasteiger partial charge in [0.15, 0.2) is 0 Å². The number of hydrogen-bond acceptors (Lipinski definition) is 3. The summed E-state index contributed by atoms with van der Waals surface area (Å²) in [6.07, 6.45) is 1.77. The molecule has 1 aliphatic rings. The quantitative estimate of drug-likeness (QED) is 0.697. The zero-order chi connectivity index (χ0) is 19.7. The molecule has 1 amide bonds. The van der Waals surface area contributed by atoms with Crippen molar-refractivity contribution in [3.8, 4) is 0 Å². The molecule has 2 aromatic carbocycles. The predicted octanol–water partition coefficient (Wildman–Crippen LogP) is 4.74. The molecule has 0 spiro atoms. The Morgan fingerprint density at radius 1 is 1.07 bits per heavy atom. The lowest BCUT2D eigenvalue weighted by atomic mass is 9.96. The SMILES string of the molecule is Cc1ccc(Cc2c(C(=O)N3CCC(C(=O)O)CC3)sc3ccccc23)cc1. The van der Waals surface area contributed by atoms with Crippen LogP contribution in [0.1, 0.15) is 39.2 Å². The Bertz CT molecular complexity index is 1010. The van der Waals surface area contributed by atoms with Gasteiger partial charge in [-0.2, -0.15) is 0 Å². The Kier molecular flexibility index (Phi) is 5.18. The van der Waals surface area contributed by atoms with Gasteiger partial charge in [0.25, 0.3) is 5.91 Å². The van der Waals surface area contributed by atoms with Crippen molar-refractivity contribution in [2.75, 3.05) is 13.1 Å². The first-order valence-corrected chi connectivity index (χ1v) is 10.4. The van der Waals surface area contributed by atoms with E-state index < -0.39 is 5.97 Å². The lowest BCUT2D eigenvalue weighted by Gasteiger charge is -2.30. The smallest absolute Gasteiger partial charge is 0.306 e. The summed E-state index contributed by atoms with van der Waals surface area (Å²) >= 11 is 1.55. The molecular formula is C23H23NO3S. The van der Waals surface area contributed by atoms with Crippen molar-refractivity contribution < 1.29 is 14.7 Å². The van der Waals surface area contributed by atoms with Gasteiger partial charge < -0.3 is 10.0 Å². The molecule has 0 bridgehead atoms. The Hall–Kier alpha value is -2.66. The predicted molar refractivity (Wildman–Crippen MR) is 112 cm³/mol. The van der Waals surface area contributed by atoms with Gasteiger partial charge in [-0.3, -0.25) is 9.59 Å². The van der Waals surface area contributed by atoms with Crippen LogP contribution in [0.25, 0.3) is 10.1 Å². The van der Waals surface area contributed by atoms with E-state index in [1.54, 1.807) is 11.3 Å². The molecule has 1 saturated heterocycles. The van der Waals surface area contributed by atoms with Gasteiger partial charge in [0, 0.05) is 17.8 Å². The Labute approximate surface area is 168 Å². The van der Waals surface area contributed by atoms with Crippen LogP contribution in [0.5, 0.6) is 0 Å². The van der Waals surface area contributed by atoms with Crippen LogP contribution in [-0.4, -0.2) is 35.0 Å². The Balaban J connectivity index is 1.65. The second-order valence-electron chi connectivity index (χ2n) is 7.47. The lowest BCUT2D eigenvalue weighted by Crippen LogP contribution is -2.40. The summed E-state index contributed by atoms with van der Waals surface area (Å²) in [4.78, 5) is 27.1. The molecule has 4 rings (SSSR count). The highest BCUT2D eigenvalue weighted by Gasteiger charge is 2.29. The minimum absolute atomic E-state index is 0.0344. The number of aryl methyl sites for hydroxylation is 1. The number of fused-ring (bicyclic) bond motifs is 1. The molecule has 144 valence electrons. The monoisotopic (exact) mass is 393 g/mol. The maximum Gasteiger partial charge on any atom is 0.306 e. The molecule has 1 aromatic heterocycles. The van der Waals surface area contributed by atoms with Gasteiger partial charge in [-0.15, -0.1) is 11.3 Å². The summed E-state index contributed by atoms with van der Waals surface area (Å²) in [5.41, 5.74) is 3.49. The fraction of sp³-hybridized carbons (Fsp3) is 0.304. The fourth-order valence-corrected chi connectivity index (χ4v) is 5.02. The molecule has 0 unspecified atom stereocenters. The number of carbonyl (C=O) groups is 2. The van der Waals surface area contributed by atoms with Crippen LogP contribution in [0.2, 0.25) is 0 Å². The number of amides is 1. The van der Waals surface area contributed by atoms with E-state index in [-0.39, 0.29) is 11.8 Å². The third kappa shape index (κ3) is 3.67. The first kappa shape index (κ1) is 18.7. The van der Waals surface area contributed by atoms with Gasteiger partial charge in [-0.1, -0.05) is 48.0 Å².